The Morgan fingerprint density at radius 2 is 1.90 bits per heavy atom. The summed E-state index contributed by atoms with van der Waals surface area (Å²) in [6, 6.07) is 11.6. The van der Waals surface area contributed by atoms with Gasteiger partial charge in [0.2, 0.25) is 5.91 Å². The molecule has 1 aromatic carbocycles. The summed E-state index contributed by atoms with van der Waals surface area (Å²) in [7, 11) is 0. The number of aliphatic imine (C=N–C) groups is 1. The lowest BCUT2D eigenvalue weighted by atomic mass is 9.97. The highest BCUT2D eigenvalue weighted by Gasteiger charge is 2.26. The van der Waals surface area contributed by atoms with Gasteiger partial charge in [-0.25, -0.2) is 4.99 Å². The van der Waals surface area contributed by atoms with Gasteiger partial charge in [0.1, 0.15) is 6.54 Å². The number of nitrogens with zero attached hydrogens (tertiary/aromatic N) is 3. The third-order valence-corrected chi connectivity index (χ3v) is 5.76. The van der Waals surface area contributed by atoms with Crippen LogP contribution in [0, 0.1) is 0 Å². The molecule has 0 aromatic heterocycles. The number of carbonyl (C=O) groups excluding carboxylic acids is 1. The molecule has 29 heavy (non-hydrogen) atoms. The Morgan fingerprint density at radius 1 is 1.17 bits per heavy atom. The molecule has 3 rings (SSSR count). The van der Waals surface area contributed by atoms with Gasteiger partial charge in [0.15, 0.2) is 5.96 Å². The van der Waals surface area contributed by atoms with E-state index in [0.717, 1.165) is 64.4 Å². The zero-order valence-electron chi connectivity index (χ0n) is 17.8. The van der Waals surface area contributed by atoms with E-state index < -0.39 is 0 Å². The number of piperidine rings is 1. The summed E-state index contributed by atoms with van der Waals surface area (Å²) in [5.41, 5.74) is 1.37. The number of rotatable bonds is 6. The second kappa shape index (κ2) is 12.4. The van der Waals surface area contributed by atoms with E-state index in [9.17, 15) is 4.79 Å². The van der Waals surface area contributed by atoms with Crippen molar-refractivity contribution in [3.63, 3.8) is 0 Å². The maximum absolute atomic E-state index is 12.3. The van der Waals surface area contributed by atoms with Gasteiger partial charge in [-0.15, -0.1) is 24.0 Å². The molecule has 1 aromatic rings. The molecule has 0 saturated carbocycles. The molecule has 2 aliphatic rings. The Balaban J connectivity index is 0.00000300. The van der Waals surface area contributed by atoms with E-state index in [1.54, 1.807) is 0 Å². The largest absolute Gasteiger partial charge is 0.357 e. The number of guanidine groups is 1. The predicted molar refractivity (Wildman–Crippen MR) is 130 cm³/mol. The van der Waals surface area contributed by atoms with Crippen LogP contribution in [0.15, 0.2) is 35.3 Å². The van der Waals surface area contributed by atoms with Gasteiger partial charge in [0.25, 0.3) is 0 Å². The molecular weight excluding hydrogens is 477 g/mol. The molecule has 0 bridgehead atoms. The zero-order chi connectivity index (χ0) is 19.8. The number of hydrogen-bond acceptors (Lipinski definition) is 3. The number of carbonyl (C=O) groups is 1. The summed E-state index contributed by atoms with van der Waals surface area (Å²) in [4.78, 5) is 21.3. The van der Waals surface area contributed by atoms with Gasteiger partial charge in [-0.05, 0) is 45.1 Å². The zero-order valence-corrected chi connectivity index (χ0v) is 20.1. The summed E-state index contributed by atoms with van der Waals surface area (Å²) < 4.78 is 0. The average molecular weight is 513 g/mol. The molecule has 0 radical (unpaired) electrons. The first-order chi connectivity index (χ1) is 13.7. The van der Waals surface area contributed by atoms with E-state index in [2.05, 4.69) is 64.7 Å². The molecule has 1 amide bonds. The monoisotopic (exact) mass is 513 g/mol. The number of hydrogen-bond donors (Lipinski definition) is 2. The van der Waals surface area contributed by atoms with Crippen LogP contribution in [0.3, 0.4) is 0 Å². The SMILES string of the molecule is CCNC(=NCC(=O)N1CCCC1)NC1CCN(Cc2ccccc2)C(C)C1.I. The maximum atomic E-state index is 12.3. The Kier molecular flexibility index (Phi) is 10.2. The minimum Gasteiger partial charge on any atom is -0.357 e. The van der Waals surface area contributed by atoms with Crippen molar-refractivity contribution in [2.24, 2.45) is 4.99 Å². The standard InChI is InChI=1S/C22H35N5O.HI/c1-3-23-22(24-16-21(28)26-12-7-8-13-26)25-20-11-14-27(18(2)15-20)17-19-9-5-4-6-10-19;/h4-6,9-10,18,20H,3,7-8,11-17H2,1-2H3,(H2,23,24,25);1H. The van der Waals surface area contributed by atoms with E-state index in [1.807, 2.05) is 4.90 Å². The molecule has 6 nitrogen and oxygen atoms in total. The average Bonchev–Trinajstić information content (AvgIpc) is 3.24. The Labute approximate surface area is 192 Å². The van der Waals surface area contributed by atoms with Crippen molar-refractivity contribution in [1.82, 2.24) is 20.4 Å². The highest BCUT2D eigenvalue weighted by atomic mass is 127. The highest BCUT2D eigenvalue weighted by molar-refractivity contribution is 14.0. The van der Waals surface area contributed by atoms with Gasteiger partial charge in [-0.2, -0.15) is 0 Å². The van der Waals surface area contributed by atoms with E-state index in [4.69, 9.17) is 0 Å². The van der Waals surface area contributed by atoms with Crippen LogP contribution < -0.4 is 10.6 Å². The van der Waals surface area contributed by atoms with Crippen molar-refractivity contribution in [2.45, 2.75) is 58.2 Å². The topological polar surface area (TPSA) is 60.0 Å². The van der Waals surface area contributed by atoms with Crippen LogP contribution >= 0.6 is 24.0 Å². The lowest BCUT2D eigenvalue weighted by Gasteiger charge is -2.38. The first kappa shape index (κ1) is 23.9. The normalized spacial score (nSPS) is 22.8. The predicted octanol–water partition coefficient (Wildman–Crippen LogP) is 2.84. The summed E-state index contributed by atoms with van der Waals surface area (Å²) in [5, 5.41) is 6.86. The molecule has 0 aliphatic carbocycles. The summed E-state index contributed by atoms with van der Waals surface area (Å²) >= 11 is 0. The lowest BCUT2D eigenvalue weighted by molar-refractivity contribution is -0.128. The summed E-state index contributed by atoms with van der Waals surface area (Å²) in [5.74, 6) is 0.907. The molecule has 2 fully saturated rings. The lowest BCUT2D eigenvalue weighted by Crippen LogP contribution is -2.51. The second-order valence-electron chi connectivity index (χ2n) is 7.95. The van der Waals surface area contributed by atoms with Gasteiger partial charge in [-0.3, -0.25) is 9.69 Å². The van der Waals surface area contributed by atoms with Crippen LogP contribution in [0.25, 0.3) is 0 Å². The third kappa shape index (κ3) is 7.44. The maximum Gasteiger partial charge on any atom is 0.244 e. The fraction of sp³-hybridized carbons (Fsp3) is 0.636. The number of benzene rings is 1. The van der Waals surface area contributed by atoms with Gasteiger partial charge < -0.3 is 15.5 Å². The number of likely N-dealkylation sites (tertiary alicyclic amines) is 2. The molecular formula is C22H36IN5O. The van der Waals surface area contributed by atoms with Gasteiger partial charge >= 0.3 is 0 Å². The molecule has 2 atom stereocenters. The van der Waals surface area contributed by atoms with E-state index in [1.165, 1.54) is 5.56 Å². The van der Waals surface area contributed by atoms with Crippen LogP contribution in [0.5, 0.6) is 0 Å². The van der Waals surface area contributed by atoms with Gasteiger partial charge in [0.05, 0.1) is 0 Å². The molecule has 162 valence electrons. The Hall–Kier alpha value is -1.35. The van der Waals surface area contributed by atoms with Crippen LogP contribution in [-0.4, -0.2) is 66.5 Å². The van der Waals surface area contributed by atoms with Crippen LogP contribution in [0.2, 0.25) is 0 Å². The Bertz CT molecular complexity index is 648. The van der Waals surface area contributed by atoms with Gasteiger partial charge in [0, 0.05) is 44.8 Å². The van der Waals surface area contributed by atoms with Crippen LogP contribution in [-0.2, 0) is 11.3 Å². The molecule has 2 heterocycles. The van der Waals surface area contributed by atoms with E-state index >= 15 is 0 Å². The first-order valence-corrected chi connectivity index (χ1v) is 10.8. The van der Waals surface area contributed by atoms with Crippen molar-refractivity contribution in [1.29, 1.82) is 0 Å². The van der Waals surface area contributed by atoms with Crippen molar-refractivity contribution in [2.75, 3.05) is 32.7 Å². The smallest absolute Gasteiger partial charge is 0.244 e. The van der Waals surface area contributed by atoms with Crippen LogP contribution in [0.4, 0.5) is 0 Å². The minimum absolute atomic E-state index is 0. The first-order valence-electron chi connectivity index (χ1n) is 10.8. The fourth-order valence-electron chi connectivity index (χ4n) is 4.13. The number of halogens is 1. The summed E-state index contributed by atoms with van der Waals surface area (Å²) in [6.07, 6.45) is 4.40. The Morgan fingerprint density at radius 3 is 2.55 bits per heavy atom. The van der Waals surface area contributed by atoms with Gasteiger partial charge in [-0.1, -0.05) is 30.3 Å². The fourth-order valence-corrected chi connectivity index (χ4v) is 4.13. The molecule has 2 saturated heterocycles. The second-order valence-corrected chi connectivity index (χ2v) is 7.95. The summed E-state index contributed by atoms with van der Waals surface area (Å²) in [6.45, 7) is 9.24. The van der Waals surface area contributed by atoms with E-state index in [0.29, 0.717) is 12.1 Å². The minimum atomic E-state index is 0. The number of amides is 1. The molecule has 2 aliphatic heterocycles. The van der Waals surface area contributed by atoms with E-state index in [-0.39, 0.29) is 36.4 Å². The number of nitrogens with one attached hydrogen (secondary N) is 2. The molecule has 7 heteroatoms. The van der Waals surface area contributed by atoms with Crippen LogP contribution in [0.1, 0.15) is 45.1 Å². The third-order valence-electron chi connectivity index (χ3n) is 5.76. The van der Waals surface area contributed by atoms with Crippen molar-refractivity contribution < 1.29 is 4.79 Å². The molecule has 2 N–H and O–H groups in total. The van der Waals surface area contributed by atoms with Crippen molar-refractivity contribution in [3.05, 3.63) is 35.9 Å². The highest BCUT2D eigenvalue weighted by Crippen LogP contribution is 2.20. The molecule has 0 spiro atoms. The van der Waals surface area contributed by atoms with Crippen molar-refractivity contribution >= 4 is 35.8 Å². The van der Waals surface area contributed by atoms with Crippen molar-refractivity contribution in [3.8, 4) is 0 Å². The quantitative estimate of drug-likeness (QED) is 0.349. The molecule has 2 unspecified atom stereocenters.